The van der Waals surface area contributed by atoms with E-state index in [1.165, 1.54) is 204 Å². The molecule has 10 heteroatoms. The van der Waals surface area contributed by atoms with Crippen LogP contribution in [0.4, 0.5) is 8.78 Å². The van der Waals surface area contributed by atoms with Gasteiger partial charge in [-0.1, -0.05) is 384 Å². The van der Waals surface area contributed by atoms with Crippen LogP contribution in [0, 0.1) is 11.6 Å². The molecule has 0 bridgehead atoms. The molecule has 0 atom stereocenters. The van der Waals surface area contributed by atoms with Crippen molar-refractivity contribution in [3.63, 3.8) is 0 Å². The second-order valence-electron chi connectivity index (χ2n) is 38.6. The summed E-state index contributed by atoms with van der Waals surface area (Å²) in [7, 11) is 0. The van der Waals surface area contributed by atoms with Gasteiger partial charge in [-0.25, -0.2) is 8.78 Å². The third kappa shape index (κ3) is 58.8. The number of carboxylic acid groups (broad SMARTS) is 1. The van der Waals surface area contributed by atoms with Gasteiger partial charge in [0.15, 0.2) is 0 Å². The Labute approximate surface area is 823 Å². The monoisotopic (exact) mass is 1860 g/mol. The van der Waals surface area contributed by atoms with Gasteiger partial charge < -0.3 is 15.0 Å². The third-order valence-corrected chi connectivity index (χ3v) is 24.8. The summed E-state index contributed by atoms with van der Waals surface area (Å²) in [4.78, 5) is 68.3. The van der Waals surface area contributed by atoms with Crippen molar-refractivity contribution in [1.82, 2.24) is 0 Å². The average Bonchev–Trinajstić information content (AvgIpc) is 0.775. The fourth-order valence-electron chi connectivity index (χ4n) is 17.4. The summed E-state index contributed by atoms with van der Waals surface area (Å²) >= 11 is 0. The molecule has 0 amide bonds. The van der Waals surface area contributed by atoms with Gasteiger partial charge in [-0.15, -0.1) is 0 Å². The normalized spacial score (nSPS) is 11.0. The Morgan fingerprint density at radius 1 is 0.259 bits per heavy atom. The Hall–Kier alpha value is -8.50. The number of phenolic OH excluding ortho intramolecular Hbond substituents is 1. The first-order chi connectivity index (χ1) is 65.2. The van der Waals surface area contributed by atoms with Crippen molar-refractivity contribution in [3.05, 3.63) is 250 Å². The summed E-state index contributed by atoms with van der Waals surface area (Å²) < 4.78 is 29.3. The number of carbonyl (C=O) groups is 6. The molecule has 7 rings (SSSR count). The molecule has 0 aromatic heterocycles. The number of benzene rings is 7. The molecule has 8 nitrogen and oxygen atoms in total. The molecule has 0 aliphatic carbocycles. The molecule has 0 aliphatic heterocycles. The predicted octanol–water partition coefficient (Wildman–Crippen LogP) is 34.9. The van der Waals surface area contributed by atoms with Gasteiger partial charge in [0.1, 0.15) is 46.3 Å². The number of halogens is 2. The van der Waals surface area contributed by atoms with Crippen LogP contribution >= 0.6 is 0 Å². The van der Waals surface area contributed by atoms with E-state index in [1.807, 2.05) is 42.5 Å². The minimum Gasteiger partial charge on any atom is -0.507 e. The molecular formula is C125H188F2O8. The van der Waals surface area contributed by atoms with E-state index in [-0.39, 0.29) is 41.2 Å². The van der Waals surface area contributed by atoms with Gasteiger partial charge in [0, 0.05) is 32.1 Å². The fourth-order valence-corrected chi connectivity index (χ4v) is 17.4. The molecule has 0 unspecified atom stereocenters. The van der Waals surface area contributed by atoms with Gasteiger partial charge in [0.2, 0.25) is 0 Å². The minimum absolute atomic E-state index is 0.0229. The molecule has 0 fully saturated rings. The number of unbranched alkanes of at least 4 members (excludes halogenated alkanes) is 26. The van der Waals surface area contributed by atoms with E-state index in [2.05, 4.69) is 180 Å². The van der Waals surface area contributed by atoms with Gasteiger partial charge in [0.25, 0.3) is 0 Å². The van der Waals surface area contributed by atoms with E-state index >= 15 is 0 Å². The van der Waals surface area contributed by atoms with E-state index in [0.717, 1.165) is 228 Å². The summed E-state index contributed by atoms with van der Waals surface area (Å²) in [6.07, 6.45) is 67.2. The minimum atomic E-state index is -0.741. The van der Waals surface area contributed by atoms with Gasteiger partial charge in [-0.05, 0) is 306 Å². The highest BCUT2D eigenvalue weighted by atomic mass is 19.1. The molecule has 2 N–H and O–H groups in total. The molecular weight excluding hydrogens is 1670 g/mol. The zero-order valence-electron chi connectivity index (χ0n) is 88.5. The first-order valence-corrected chi connectivity index (χ1v) is 54.1. The summed E-state index contributed by atoms with van der Waals surface area (Å²) in [5.41, 5.74) is 22.2. The maximum absolute atomic E-state index is 14.7. The first kappa shape index (κ1) is 123. The second kappa shape index (κ2) is 78.4. The van der Waals surface area contributed by atoms with E-state index in [0.29, 0.717) is 43.6 Å². The number of hydrogen-bond acceptors (Lipinski definition) is 7. The molecule has 135 heavy (non-hydrogen) atoms. The second-order valence-corrected chi connectivity index (χ2v) is 38.6. The number of aromatic hydroxyl groups is 1. The van der Waals surface area contributed by atoms with Crippen LogP contribution in [0.3, 0.4) is 0 Å². The average molecular weight is 1860 g/mol. The third-order valence-electron chi connectivity index (χ3n) is 24.8. The molecule has 0 saturated carbocycles. The van der Waals surface area contributed by atoms with E-state index < -0.39 is 5.97 Å². The molecule has 0 heterocycles. The number of carboxylic acids is 1. The number of hydrogen-bond donors (Lipinski definition) is 2. The lowest BCUT2D eigenvalue weighted by Crippen LogP contribution is -2.09. The zero-order chi connectivity index (χ0) is 99.6. The molecule has 0 spiro atoms. The van der Waals surface area contributed by atoms with Crippen LogP contribution in [0.1, 0.15) is 479 Å². The summed E-state index contributed by atoms with van der Waals surface area (Å²) in [6, 6.07) is 40.1. The van der Waals surface area contributed by atoms with Crippen LogP contribution in [-0.4, -0.2) is 45.1 Å². The molecule has 7 aromatic carbocycles. The lowest BCUT2D eigenvalue weighted by Gasteiger charge is -2.17. The molecule has 7 aromatic rings. The standard InChI is InChI=1S/C25H34O2.C21H33FO.C21H34O2.C20H32O.C19H29FO.C19H26O/c1-3-5-8-14-21-16-22(15-9-6-4-2)24(23(17-21)19-25(26)27)18-20-12-10-7-11-13-20;1-4-6-8-10-12-19-15-18(14-17(3)23)16-20(21(19)22)13-11-9-7-5-2;1-4-6-8-10-12-19-15-18(14-17(3)22)16-20(21(19)23)13-11-9-7-5-2;1-4-6-8-10-18-14-19(11-9-7-5-2)16-20(15-18)13-12-17(3)21;1-4-6-8-10-17-13-16(12-15(3)21)14-18(19(17)20)11-9-7-5-2;1-4-6-8-10-17-13-18(11-9-7-5-2)15-19(14-17)12-16(3)20/h7,10-13,16-17H,3-6,8-9,14-15,18-19H2,1-2H3,(H,26,27);15-16H,4-14H2,1-3H3;15-16,23H,4-14H2,1-3H3;14-16H,4-13H2,1-3H3;13-14H,4-12H2,1-3H3;8-11,13-15H,4-7,12H2,1-3H3/b;;;;;10-8+,11-9+. The van der Waals surface area contributed by atoms with Gasteiger partial charge >= 0.3 is 5.97 Å². The molecule has 0 aliphatic rings. The van der Waals surface area contributed by atoms with Crippen LogP contribution in [0.25, 0.3) is 12.2 Å². The van der Waals surface area contributed by atoms with Crippen molar-refractivity contribution in [2.45, 2.75) is 477 Å². The number of aryl methyl sites for hydroxylation is 11. The van der Waals surface area contributed by atoms with Crippen LogP contribution in [0.2, 0.25) is 0 Å². The molecule has 750 valence electrons. The maximum atomic E-state index is 14.7. The van der Waals surface area contributed by atoms with Gasteiger partial charge in [-0.2, -0.15) is 0 Å². The van der Waals surface area contributed by atoms with Crippen molar-refractivity contribution in [2.75, 3.05) is 0 Å². The van der Waals surface area contributed by atoms with Crippen LogP contribution < -0.4 is 0 Å². The number of carbonyl (C=O) groups excluding carboxylic acids is 5. The van der Waals surface area contributed by atoms with Crippen molar-refractivity contribution >= 4 is 47.0 Å². The first-order valence-electron chi connectivity index (χ1n) is 54.1. The van der Waals surface area contributed by atoms with Crippen molar-refractivity contribution in [1.29, 1.82) is 0 Å². The lowest BCUT2D eigenvalue weighted by molar-refractivity contribution is -0.136. The molecule has 0 radical (unpaired) electrons. The summed E-state index contributed by atoms with van der Waals surface area (Å²) in [5, 5.41) is 20.0. The number of ketones is 5. The highest BCUT2D eigenvalue weighted by Crippen LogP contribution is 2.32. The van der Waals surface area contributed by atoms with E-state index in [9.17, 15) is 47.8 Å². The summed E-state index contributed by atoms with van der Waals surface area (Å²) in [5.74, 6) is 0.650. The Morgan fingerprint density at radius 3 is 0.837 bits per heavy atom. The van der Waals surface area contributed by atoms with Crippen molar-refractivity contribution in [2.24, 2.45) is 0 Å². The largest absolute Gasteiger partial charge is 0.507 e. The Bertz CT molecular complexity index is 4210. The SMILES string of the molecule is CCC/C=C/c1cc(/C=C/CCC)cc(CC(C)=O)c1.CCCCCCc1cc(CC(C)=O)cc(CCCCCC)c1F.CCCCCCc1cc(CC(C)=O)cc(CCCCCC)c1O.CCCCCc1cc(CC(C)=O)cc(CCCCC)c1F.CCCCCc1cc(CCCCC)c(Cc2ccccc2)c(CC(=O)O)c1.CCCCCc1cc(CCCCC)cc(CCC(C)=O)c1. The van der Waals surface area contributed by atoms with Crippen molar-refractivity contribution < 1.29 is 47.8 Å². The van der Waals surface area contributed by atoms with Crippen molar-refractivity contribution in [3.8, 4) is 5.75 Å². The quantitative estimate of drug-likeness (QED) is 0.0359. The number of aliphatic carboxylic acids is 1. The highest BCUT2D eigenvalue weighted by Gasteiger charge is 2.19. The topological polar surface area (TPSA) is 143 Å². The summed E-state index contributed by atoms with van der Waals surface area (Å²) in [6.45, 7) is 34.5. The smallest absolute Gasteiger partial charge is 0.307 e. The maximum Gasteiger partial charge on any atom is 0.307 e. The number of rotatable bonds is 65. The Balaban J connectivity index is 0.000000550. The van der Waals surface area contributed by atoms with Crippen LogP contribution in [0.5, 0.6) is 5.75 Å². The zero-order valence-corrected chi connectivity index (χ0v) is 88.5. The molecule has 0 saturated heterocycles. The predicted molar refractivity (Wildman–Crippen MR) is 576 cm³/mol. The lowest BCUT2D eigenvalue weighted by atomic mass is 9.88. The van der Waals surface area contributed by atoms with Crippen LogP contribution in [0.15, 0.2) is 127 Å². The van der Waals surface area contributed by atoms with Gasteiger partial charge in [0.05, 0.1) is 6.42 Å². The number of Topliss-reactive ketones (excluding diaryl/α,β-unsaturated/α-hetero) is 5. The Kier molecular flexibility index (Phi) is 71.2. The van der Waals surface area contributed by atoms with Gasteiger partial charge in [-0.3, -0.25) is 24.0 Å². The number of allylic oxidation sites excluding steroid dienone is 2. The fraction of sp³-hybridized carbons (Fsp3) is 0.584. The van der Waals surface area contributed by atoms with Crippen LogP contribution in [-0.2, 0) is 138 Å². The number of phenols is 1. The Morgan fingerprint density at radius 2 is 0.526 bits per heavy atom. The van der Waals surface area contributed by atoms with E-state index in [4.69, 9.17) is 0 Å². The van der Waals surface area contributed by atoms with E-state index in [1.54, 1.807) is 34.6 Å². The highest BCUT2D eigenvalue weighted by molar-refractivity contribution is 5.80.